The summed E-state index contributed by atoms with van der Waals surface area (Å²) in [5.41, 5.74) is -0.574. The van der Waals surface area contributed by atoms with E-state index in [4.69, 9.17) is 23.5 Å². The number of hydrogen-bond acceptors (Lipinski definition) is 5. The summed E-state index contributed by atoms with van der Waals surface area (Å²) in [6, 6.07) is 0. The van der Waals surface area contributed by atoms with Gasteiger partial charge in [-0.25, -0.2) is 6.57 Å². The number of carbonyl (C=O) groups is 1. The van der Waals surface area contributed by atoms with Crippen LogP contribution >= 0.6 is 35.7 Å². The molecule has 0 bridgehead atoms. The van der Waals surface area contributed by atoms with Crippen molar-refractivity contribution in [3.8, 4) is 0 Å². The highest BCUT2D eigenvalue weighted by Crippen LogP contribution is 2.29. The molecule has 108 valence electrons. The number of ether oxygens (including phenoxy) is 1. The van der Waals surface area contributed by atoms with E-state index in [2.05, 4.69) is 4.85 Å². The van der Waals surface area contributed by atoms with E-state index in [1.807, 2.05) is 27.0 Å². The van der Waals surface area contributed by atoms with Gasteiger partial charge in [-0.05, 0) is 12.7 Å². The van der Waals surface area contributed by atoms with Crippen molar-refractivity contribution in [2.75, 3.05) is 12.9 Å². The summed E-state index contributed by atoms with van der Waals surface area (Å²) < 4.78 is 5.96. The Bertz CT molecular complexity index is 350. The minimum atomic E-state index is -0.574. The number of nitrogens with zero attached hydrogens (tertiary/aromatic N) is 1. The van der Waals surface area contributed by atoms with Gasteiger partial charge in [0.25, 0.3) is 0 Å². The Morgan fingerprint density at radius 2 is 2.16 bits per heavy atom. The normalized spacial score (nSPS) is 12.6. The summed E-state index contributed by atoms with van der Waals surface area (Å²) in [5, 5.41) is -0.388. The van der Waals surface area contributed by atoms with Crippen molar-refractivity contribution in [2.24, 2.45) is 0 Å². The standard InChI is InChI=1S/C13H21NO2S3/c1-6-7-8-16-11(15)10(19-12(17)18-5)9-13(2,3)14-4/h10H,6-9H2,1-3,5H3. The summed E-state index contributed by atoms with van der Waals surface area (Å²) in [5.74, 6) is -0.258. The van der Waals surface area contributed by atoms with Crippen LogP contribution in [-0.2, 0) is 9.53 Å². The molecule has 0 fully saturated rings. The van der Waals surface area contributed by atoms with E-state index >= 15 is 0 Å². The molecule has 3 nitrogen and oxygen atoms in total. The van der Waals surface area contributed by atoms with Crippen molar-refractivity contribution >= 4 is 45.2 Å². The van der Waals surface area contributed by atoms with Gasteiger partial charge in [-0.1, -0.05) is 37.3 Å². The maximum absolute atomic E-state index is 12.0. The maximum Gasteiger partial charge on any atom is 0.319 e. The first-order chi connectivity index (χ1) is 8.86. The topological polar surface area (TPSA) is 30.7 Å². The van der Waals surface area contributed by atoms with Crippen LogP contribution in [0.5, 0.6) is 0 Å². The predicted molar refractivity (Wildman–Crippen MR) is 88.7 cm³/mol. The van der Waals surface area contributed by atoms with E-state index < -0.39 is 5.54 Å². The van der Waals surface area contributed by atoms with Gasteiger partial charge >= 0.3 is 5.97 Å². The SMILES string of the molecule is [C-]#[N+]C(C)(C)CC(SC(=S)SC)C(=O)OCCCC. The molecule has 0 aliphatic carbocycles. The van der Waals surface area contributed by atoms with Crippen LogP contribution in [0, 0.1) is 6.57 Å². The molecule has 0 spiro atoms. The van der Waals surface area contributed by atoms with Crippen molar-refractivity contribution in [3.63, 3.8) is 0 Å². The molecule has 0 N–H and O–H groups in total. The summed E-state index contributed by atoms with van der Waals surface area (Å²) in [7, 11) is 0. The zero-order valence-electron chi connectivity index (χ0n) is 11.9. The Kier molecular flexibility index (Phi) is 9.50. The lowest BCUT2D eigenvalue weighted by Crippen LogP contribution is -2.29. The number of rotatable bonds is 7. The number of thioether (sulfide) groups is 2. The molecule has 0 saturated heterocycles. The Hall–Kier alpha value is -0.250. The molecule has 0 heterocycles. The minimum absolute atomic E-state index is 0.258. The molecule has 0 radical (unpaired) electrons. The average molecular weight is 320 g/mol. The quantitative estimate of drug-likeness (QED) is 0.304. The van der Waals surface area contributed by atoms with E-state index in [-0.39, 0.29) is 11.2 Å². The molecule has 19 heavy (non-hydrogen) atoms. The van der Waals surface area contributed by atoms with E-state index in [0.717, 1.165) is 12.8 Å². The molecule has 0 aliphatic heterocycles. The lowest BCUT2D eigenvalue weighted by Gasteiger charge is -2.19. The van der Waals surface area contributed by atoms with Gasteiger partial charge < -0.3 is 9.58 Å². The number of esters is 1. The number of unbranched alkanes of at least 4 members (excludes halogenated alkanes) is 1. The lowest BCUT2D eigenvalue weighted by atomic mass is 9.99. The molecule has 0 saturated carbocycles. The van der Waals surface area contributed by atoms with Crippen LogP contribution in [0.2, 0.25) is 0 Å². The van der Waals surface area contributed by atoms with Gasteiger partial charge in [0.05, 0.1) is 6.61 Å². The van der Waals surface area contributed by atoms with Gasteiger partial charge in [0.15, 0.2) is 0 Å². The van der Waals surface area contributed by atoms with Crippen LogP contribution in [-0.4, -0.2) is 33.1 Å². The molecular formula is C13H21NO2S3. The molecule has 0 amide bonds. The fourth-order valence-electron chi connectivity index (χ4n) is 1.25. The third-order valence-corrected chi connectivity index (χ3v) is 5.14. The molecule has 0 aromatic rings. The number of carbonyl (C=O) groups excluding carboxylic acids is 1. The molecule has 1 unspecified atom stereocenters. The summed E-state index contributed by atoms with van der Waals surface area (Å²) in [6.45, 7) is 13.3. The third kappa shape index (κ3) is 8.51. The van der Waals surface area contributed by atoms with E-state index in [9.17, 15) is 4.79 Å². The van der Waals surface area contributed by atoms with Gasteiger partial charge in [-0.2, -0.15) is 0 Å². The highest BCUT2D eigenvalue weighted by molar-refractivity contribution is 8.47. The van der Waals surface area contributed by atoms with Gasteiger partial charge in [-0.3, -0.25) is 4.79 Å². The second-order valence-corrected chi connectivity index (χ2v) is 7.92. The van der Waals surface area contributed by atoms with Crippen molar-refractivity contribution in [1.29, 1.82) is 0 Å². The van der Waals surface area contributed by atoms with Gasteiger partial charge in [0, 0.05) is 20.3 Å². The maximum atomic E-state index is 12.0. The van der Waals surface area contributed by atoms with Crippen molar-refractivity contribution in [1.82, 2.24) is 0 Å². The third-order valence-electron chi connectivity index (χ3n) is 2.40. The number of thiocarbonyl (C=S) groups is 1. The molecule has 0 rings (SSSR count). The summed E-state index contributed by atoms with van der Waals surface area (Å²) >= 11 is 7.92. The fourth-order valence-corrected chi connectivity index (χ4v) is 3.22. The van der Waals surface area contributed by atoms with Crippen LogP contribution < -0.4 is 0 Å². The molecule has 1 atom stereocenters. The van der Waals surface area contributed by atoms with Crippen LogP contribution in [0.3, 0.4) is 0 Å². The highest BCUT2D eigenvalue weighted by atomic mass is 32.2. The summed E-state index contributed by atoms with van der Waals surface area (Å²) in [4.78, 5) is 15.6. The zero-order valence-corrected chi connectivity index (χ0v) is 14.3. The van der Waals surface area contributed by atoms with Crippen LogP contribution in [0.1, 0.15) is 40.0 Å². The van der Waals surface area contributed by atoms with Gasteiger partial charge in [0.1, 0.15) is 8.78 Å². The Morgan fingerprint density at radius 1 is 1.53 bits per heavy atom. The predicted octanol–water partition coefficient (Wildman–Crippen LogP) is 4.17. The minimum Gasteiger partial charge on any atom is -0.465 e. The Balaban J connectivity index is 4.62. The monoisotopic (exact) mass is 319 g/mol. The Labute approximate surface area is 130 Å². The van der Waals surface area contributed by atoms with E-state index in [1.54, 1.807) is 0 Å². The Morgan fingerprint density at radius 3 is 2.63 bits per heavy atom. The van der Waals surface area contributed by atoms with Crippen molar-refractivity contribution in [2.45, 2.75) is 50.8 Å². The van der Waals surface area contributed by atoms with E-state index in [0.29, 0.717) is 16.6 Å². The van der Waals surface area contributed by atoms with Crippen molar-refractivity contribution in [3.05, 3.63) is 11.4 Å². The van der Waals surface area contributed by atoms with Gasteiger partial charge in [0.2, 0.25) is 5.54 Å². The van der Waals surface area contributed by atoms with Crippen LogP contribution in [0.15, 0.2) is 0 Å². The zero-order chi connectivity index (χ0) is 14.9. The first kappa shape index (κ1) is 18.8. The smallest absolute Gasteiger partial charge is 0.319 e. The van der Waals surface area contributed by atoms with E-state index in [1.165, 1.54) is 23.5 Å². The second kappa shape index (κ2) is 9.62. The molecule has 0 aromatic heterocycles. The summed E-state index contributed by atoms with van der Waals surface area (Å²) in [6.07, 6.45) is 4.19. The number of hydrogen-bond donors (Lipinski definition) is 0. The van der Waals surface area contributed by atoms with Crippen molar-refractivity contribution < 1.29 is 9.53 Å². The molecule has 0 aromatic carbocycles. The molecule has 6 heteroatoms. The lowest BCUT2D eigenvalue weighted by molar-refractivity contribution is -0.143. The van der Waals surface area contributed by atoms with Gasteiger partial charge in [-0.15, -0.1) is 11.8 Å². The van der Waals surface area contributed by atoms with Crippen LogP contribution in [0.25, 0.3) is 4.85 Å². The molecule has 0 aliphatic rings. The first-order valence-electron chi connectivity index (χ1n) is 6.16. The second-order valence-electron chi connectivity index (χ2n) is 4.71. The highest BCUT2D eigenvalue weighted by Gasteiger charge is 2.34. The first-order valence-corrected chi connectivity index (χ1v) is 8.67. The molecular weight excluding hydrogens is 298 g/mol. The average Bonchev–Trinajstić information content (AvgIpc) is 2.37. The fraction of sp³-hybridized carbons (Fsp3) is 0.769. The van der Waals surface area contributed by atoms with Crippen LogP contribution in [0.4, 0.5) is 0 Å². The largest absolute Gasteiger partial charge is 0.465 e.